The molecule has 0 aliphatic heterocycles. The second kappa shape index (κ2) is 9.75. The van der Waals surface area contributed by atoms with Crippen molar-refractivity contribution in [1.29, 1.82) is 0 Å². The quantitative estimate of drug-likeness (QED) is 0.374. The van der Waals surface area contributed by atoms with Crippen molar-refractivity contribution in [3.63, 3.8) is 0 Å². The van der Waals surface area contributed by atoms with Crippen molar-refractivity contribution in [3.8, 4) is 0 Å². The molecule has 1 unspecified atom stereocenters. The van der Waals surface area contributed by atoms with Crippen LogP contribution in [0.5, 0.6) is 0 Å². The average Bonchev–Trinajstić information content (AvgIpc) is 3.46. The third-order valence-electron chi connectivity index (χ3n) is 4.82. The highest BCUT2D eigenvalue weighted by Gasteiger charge is 2.30. The molecule has 0 saturated carbocycles. The van der Waals surface area contributed by atoms with Crippen LogP contribution in [0.25, 0.3) is 0 Å². The number of sulfone groups is 1. The van der Waals surface area contributed by atoms with Gasteiger partial charge in [-0.25, -0.2) is 13.2 Å². The van der Waals surface area contributed by atoms with Crippen molar-refractivity contribution in [1.82, 2.24) is 5.16 Å². The summed E-state index contributed by atoms with van der Waals surface area (Å²) in [6.45, 7) is 1.67. The summed E-state index contributed by atoms with van der Waals surface area (Å²) < 4.78 is 41.2. The number of ether oxygens (including phenoxy) is 1. The minimum Gasteiger partial charge on any atom is -0.457 e. The van der Waals surface area contributed by atoms with Gasteiger partial charge in [0.2, 0.25) is 11.9 Å². The highest BCUT2D eigenvalue weighted by molar-refractivity contribution is 7.90. The zero-order valence-electron chi connectivity index (χ0n) is 18.0. The molecule has 2 heterocycles. The molecule has 10 heteroatoms. The summed E-state index contributed by atoms with van der Waals surface area (Å²) in [5, 5.41) is 6.25. The van der Waals surface area contributed by atoms with E-state index < -0.39 is 33.6 Å². The fourth-order valence-electron chi connectivity index (χ4n) is 3.22. The van der Waals surface area contributed by atoms with Gasteiger partial charge in [-0.1, -0.05) is 53.7 Å². The normalized spacial score (nSPS) is 12.1. The molecular weight excluding hydrogens is 460 g/mol. The topological polar surface area (TPSA) is 129 Å². The van der Waals surface area contributed by atoms with Gasteiger partial charge >= 0.3 is 5.97 Å². The second-order valence-corrected chi connectivity index (χ2v) is 9.34. The number of carbonyl (C=O) groups is 2. The van der Waals surface area contributed by atoms with Gasteiger partial charge < -0.3 is 19.0 Å². The number of hydrogen-bond donors (Lipinski definition) is 1. The largest absolute Gasteiger partial charge is 0.457 e. The van der Waals surface area contributed by atoms with Crippen LogP contribution < -0.4 is 5.32 Å². The summed E-state index contributed by atoms with van der Waals surface area (Å²) in [5.41, 5.74) is 0.520. The van der Waals surface area contributed by atoms with Crippen molar-refractivity contribution >= 4 is 27.5 Å². The van der Waals surface area contributed by atoms with Gasteiger partial charge in [-0.15, -0.1) is 0 Å². The molecule has 0 aliphatic rings. The van der Waals surface area contributed by atoms with E-state index in [0.29, 0.717) is 11.3 Å². The third kappa shape index (κ3) is 5.24. The van der Waals surface area contributed by atoms with E-state index in [2.05, 4.69) is 10.5 Å². The smallest absolute Gasteiger partial charge is 0.375 e. The number of aromatic nitrogens is 1. The standard InChI is InChI=1S/C24H20N2O7S/c1-16-14-20(26-33-16)25-23(27)21(17-8-4-2-5-9-17)32-24(28)22-18(12-13-31-22)15-34(29,30)19-10-6-3-7-11-19/h2-14,21H,15H2,1H3,(H,25,26,27). The van der Waals surface area contributed by atoms with Gasteiger partial charge in [-0.2, -0.15) is 0 Å². The molecule has 0 saturated heterocycles. The zero-order valence-corrected chi connectivity index (χ0v) is 18.8. The molecule has 0 radical (unpaired) electrons. The number of hydrogen-bond acceptors (Lipinski definition) is 8. The summed E-state index contributed by atoms with van der Waals surface area (Å²) in [4.78, 5) is 26.0. The van der Waals surface area contributed by atoms with Crippen LogP contribution in [0.3, 0.4) is 0 Å². The van der Waals surface area contributed by atoms with E-state index >= 15 is 0 Å². The number of carbonyl (C=O) groups excluding carboxylic acids is 2. The summed E-state index contributed by atoms with van der Waals surface area (Å²) in [7, 11) is -3.74. The van der Waals surface area contributed by atoms with Crippen molar-refractivity contribution in [3.05, 3.63) is 102 Å². The molecule has 1 amide bonds. The van der Waals surface area contributed by atoms with Crippen LogP contribution in [0, 0.1) is 6.92 Å². The Morgan fingerprint density at radius 3 is 2.35 bits per heavy atom. The Labute approximate surface area is 195 Å². The van der Waals surface area contributed by atoms with Gasteiger partial charge in [0.25, 0.3) is 5.91 Å². The number of nitrogens with zero attached hydrogens (tertiary/aromatic N) is 1. The molecule has 9 nitrogen and oxygen atoms in total. The summed E-state index contributed by atoms with van der Waals surface area (Å²) in [5.74, 6) is -1.78. The molecule has 4 aromatic rings. The van der Waals surface area contributed by atoms with E-state index in [1.165, 1.54) is 30.5 Å². The minimum atomic E-state index is -3.74. The Balaban J connectivity index is 1.57. The van der Waals surface area contributed by atoms with Gasteiger partial charge in [0, 0.05) is 17.2 Å². The first-order chi connectivity index (χ1) is 16.3. The Morgan fingerprint density at radius 1 is 1.03 bits per heavy atom. The Hall–Kier alpha value is -4.18. The molecular formula is C24H20N2O7S. The van der Waals surface area contributed by atoms with E-state index in [1.54, 1.807) is 55.5 Å². The predicted octanol–water partition coefficient (Wildman–Crippen LogP) is 4.09. The minimum absolute atomic E-state index is 0.111. The summed E-state index contributed by atoms with van der Waals surface area (Å²) >= 11 is 0. The number of furan rings is 1. The molecule has 0 spiro atoms. The zero-order chi connectivity index (χ0) is 24.1. The van der Waals surface area contributed by atoms with E-state index in [0.717, 1.165) is 0 Å². The van der Waals surface area contributed by atoms with E-state index in [4.69, 9.17) is 13.7 Å². The third-order valence-corrected chi connectivity index (χ3v) is 6.51. The monoisotopic (exact) mass is 480 g/mol. The molecule has 2 aromatic carbocycles. The molecule has 0 fully saturated rings. The van der Waals surface area contributed by atoms with Crippen LogP contribution >= 0.6 is 0 Å². The van der Waals surface area contributed by atoms with Gasteiger partial charge in [0.15, 0.2) is 15.7 Å². The van der Waals surface area contributed by atoms with Crippen LogP contribution in [-0.2, 0) is 25.1 Å². The van der Waals surface area contributed by atoms with E-state index in [-0.39, 0.29) is 22.0 Å². The van der Waals surface area contributed by atoms with Gasteiger partial charge in [-0.3, -0.25) is 4.79 Å². The molecule has 0 aliphatic carbocycles. The fraction of sp³-hybridized carbons (Fsp3) is 0.125. The van der Waals surface area contributed by atoms with Gasteiger partial charge in [0.05, 0.1) is 16.9 Å². The Bertz CT molecular complexity index is 1390. The summed E-state index contributed by atoms with van der Waals surface area (Å²) in [6, 6.07) is 19.1. The maximum absolute atomic E-state index is 13.0. The lowest BCUT2D eigenvalue weighted by atomic mass is 10.1. The summed E-state index contributed by atoms with van der Waals surface area (Å²) in [6.07, 6.45) is -0.156. The Kier molecular flexibility index (Phi) is 6.60. The Morgan fingerprint density at radius 2 is 1.71 bits per heavy atom. The molecule has 1 N–H and O–H groups in total. The first-order valence-corrected chi connectivity index (χ1v) is 11.8. The lowest BCUT2D eigenvalue weighted by molar-refractivity contribution is -0.125. The number of anilines is 1. The molecule has 174 valence electrons. The first-order valence-electron chi connectivity index (χ1n) is 10.2. The van der Waals surface area contributed by atoms with E-state index in [1.807, 2.05) is 0 Å². The van der Waals surface area contributed by atoms with Crippen LogP contribution in [0.15, 0.2) is 92.9 Å². The number of aryl methyl sites for hydroxylation is 1. The molecule has 34 heavy (non-hydrogen) atoms. The van der Waals surface area contributed by atoms with Crippen molar-refractivity contribution < 1.29 is 31.7 Å². The highest BCUT2D eigenvalue weighted by atomic mass is 32.2. The average molecular weight is 480 g/mol. The predicted molar refractivity (Wildman–Crippen MR) is 121 cm³/mol. The molecule has 4 rings (SSSR count). The van der Waals surface area contributed by atoms with Crippen molar-refractivity contribution in [2.24, 2.45) is 0 Å². The van der Waals surface area contributed by atoms with Crippen molar-refractivity contribution in [2.45, 2.75) is 23.7 Å². The number of rotatable bonds is 8. The highest BCUT2D eigenvalue weighted by Crippen LogP contribution is 2.25. The fourth-order valence-corrected chi connectivity index (χ4v) is 4.60. The van der Waals surface area contributed by atoms with Crippen LogP contribution in [-0.4, -0.2) is 25.5 Å². The molecule has 1 atom stereocenters. The number of nitrogens with one attached hydrogen (secondary N) is 1. The first kappa shape index (κ1) is 23.0. The second-order valence-electron chi connectivity index (χ2n) is 7.36. The SMILES string of the molecule is Cc1cc(NC(=O)C(OC(=O)c2occc2CS(=O)(=O)c2ccccc2)c2ccccc2)no1. The van der Waals surface area contributed by atoms with E-state index in [9.17, 15) is 18.0 Å². The maximum atomic E-state index is 13.0. The van der Waals surface area contributed by atoms with Gasteiger partial charge in [0.1, 0.15) is 5.76 Å². The number of benzene rings is 2. The number of amides is 1. The lowest BCUT2D eigenvalue weighted by Crippen LogP contribution is -2.26. The van der Waals surface area contributed by atoms with Crippen LogP contribution in [0.1, 0.15) is 33.5 Å². The number of esters is 1. The lowest BCUT2D eigenvalue weighted by Gasteiger charge is -2.17. The van der Waals surface area contributed by atoms with Gasteiger partial charge in [-0.05, 0) is 25.1 Å². The maximum Gasteiger partial charge on any atom is 0.375 e. The van der Waals surface area contributed by atoms with Crippen LogP contribution in [0.2, 0.25) is 0 Å². The van der Waals surface area contributed by atoms with Crippen molar-refractivity contribution in [2.75, 3.05) is 5.32 Å². The molecule has 0 bridgehead atoms. The molecule has 2 aromatic heterocycles. The van der Waals surface area contributed by atoms with Crippen LogP contribution in [0.4, 0.5) is 5.82 Å².